The predicted molar refractivity (Wildman–Crippen MR) is 130 cm³/mol. The molecule has 0 saturated heterocycles. The predicted octanol–water partition coefficient (Wildman–Crippen LogP) is 4.10. The molecule has 3 aromatic rings. The van der Waals surface area contributed by atoms with Crippen molar-refractivity contribution in [3.05, 3.63) is 89.4 Å². The Hall–Kier alpha value is -3.03. The number of anilines is 2. The van der Waals surface area contributed by atoms with Gasteiger partial charge >= 0.3 is 0 Å². The smallest absolute Gasteiger partial charge is 0.264 e. The largest absolute Gasteiger partial charge is 0.373 e. The van der Waals surface area contributed by atoms with Gasteiger partial charge in [0.15, 0.2) is 0 Å². The van der Waals surface area contributed by atoms with Gasteiger partial charge in [0.1, 0.15) is 6.54 Å². The maximum atomic E-state index is 13.4. The number of hydrogen-bond donors (Lipinski definition) is 1. The van der Waals surface area contributed by atoms with Crippen molar-refractivity contribution in [3.8, 4) is 0 Å². The zero-order valence-electron chi connectivity index (χ0n) is 18.0. The number of nitrogens with zero attached hydrogens (tertiary/aromatic N) is 2. The van der Waals surface area contributed by atoms with E-state index in [1.807, 2.05) is 42.3 Å². The SMILES string of the molecule is Cc1cc(Cl)ccc1N(CC(=O)NCCN(C)c1ccccc1)S(=O)(=O)c1ccccc1. The fraction of sp³-hybridized carbons (Fsp3) is 0.208. The molecule has 32 heavy (non-hydrogen) atoms. The molecular formula is C24H26ClN3O3S. The topological polar surface area (TPSA) is 69.7 Å². The van der Waals surface area contributed by atoms with E-state index in [-0.39, 0.29) is 17.3 Å². The van der Waals surface area contributed by atoms with Crippen LogP contribution in [0.4, 0.5) is 11.4 Å². The van der Waals surface area contributed by atoms with Crippen LogP contribution >= 0.6 is 11.6 Å². The van der Waals surface area contributed by atoms with Gasteiger partial charge in [0.2, 0.25) is 5.91 Å². The highest BCUT2D eigenvalue weighted by atomic mass is 35.5. The Balaban J connectivity index is 1.76. The zero-order valence-corrected chi connectivity index (χ0v) is 19.6. The number of benzene rings is 3. The first-order valence-electron chi connectivity index (χ1n) is 10.2. The van der Waals surface area contributed by atoms with E-state index < -0.39 is 10.0 Å². The van der Waals surface area contributed by atoms with E-state index in [4.69, 9.17) is 11.6 Å². The summed E-state index contributed by atoms with van der Waals surface area (Å²) in [6.45, 7) is 2.39. The molecule has 0 heterocycles. The number of halogens is 1. The Morgan fingerprint density at radius 1 is 0.969 bits per heavy atom. The molecular weight excluding hydrogens is 446 g/mol. The quantitative estimate of drug-likeness (QED) is 0.510. The first-order valence-corrected chi connectivity index (χ1v) is 12.0. The Bertz CT molecular complexity index is 1160. The average Bonchev–Trinajstić information content (AvgIpc) is 2.79. The van der Waals surface area contributed by atoms with Crippen molar-refractivity contribution in [1.82, 2.24) is 5.32 Å². The van der Waals surface area contributed by atoms with Crippen LogP contribution in [0, 0.1) is 6.92 Å². The lowest BCUT2D eigenvalue weighted by atomic mass is 10.2. The molecule has 1 amide bonds. The number of sulfonamides is 1. The Morgan fingerprint density at radius 3 is 2.22 bits per heavy atom. The van der Waals surface area contributed by atoms with Crippen LogP contribution in [0.5, 0.6) is 0 Å². The molecule has 0 radical (unpaired) electrons. The lowest BCUT2D eigenvalue weighted by Crippen LogP contribution is -2.43. The molecule has 0 atom stereocenters. The summed E-state index contributed by atoms with van der Waals surface area (Å²) in [5.41, 5.74) is 2.11. The summed E-state index contributed by atoms with van der Waals surface area (Å²) in [5, 5.41) is 3.32. The van der Waals surface area contributed by atoms with Crippen molar-refractivity contribution < 1.29 is 13.2 Å². The molecule has 0 aliphatic heterocycles. The van der Waals surface area contributed by atoms with Gasteiger partial charge in [-0.25, -0.2) is 8.42 Å². The Labute approximate surface area is 194 Å². The molecule has 168 valence electrons. The number of aryl methyl sites for hydroxylation is 1. The zero-order chi connectivity index (χ0) is 23.1. The summed E-state index contributed by atoms with van der Waals surface area (Å²) in [6, 6.07) is 22.8. The molecule has 1 N–H and O–H groups in total. The van der Waals surface area contributed by atoms with E-state index in [0.717, 1.165) is 9.99 Å². The number of nitrogens with one attached hydrogen (secondary N) is 1. The van der Waals surface area contributed by atoms with Crippen LogP contribution in [0.15, 0.2) is 83.8 Å². The van der Waals surface area contributed by atoms with Crippen molar-refractivity contribution in [3.63, 3.8) is 0 Å². The molecule has 0 aromatic heterocycles. The van der Waals surface area contributed by atoms with Gasteiger partial charge < -0.3 is 10.2 Å². The standard InChI is InChI=1S/C24H26ClN3O3S/c1-19-17-20(25)13-14-23(19)28(32(30,31)22-11-7-4-8-12-22)18-24(29)26-15-16-27(2)21-9-5-3-6-10-21/h3-14,17H,15-16,18H2,1-2H3,(H,26,29). The fourth-order valence-electron chi connectivity index (χ4n) is 3.28. The highest BCUT2D eigenvalue weighted by Crippen LogP contribution is 2.28. The second-order valence-corrected chi connectivity index (χ2v) is 9.66. The van der Waals surface area contributed by atoms with Gasteiger partial charge in [-0.15, -0.1) is 0 Å². The van der Waals surface area contributed by atoms with E-state index in [0.29, 0.717) is 29.4 Å². The third-order valence-electron chi connectivity index (χ3n) is 5.01. The van der Waals surface area contributed by atoms with Crippen LogP contribution < -0.4 is 14.5 Å². The summed E-state index contributed by atoms with van der Waals surface area (Å²) in [7, 11) is -2.01. The van der Waals surface area contributed by atoms with Crippen molar-refractivity contribution in [1.29, 1.82) is 0 Å². The molecule has 0 bridgehead atoms. The maximum absolute atomic E-state index is 13.4. The van der Waals surface area contributed by atoms with Gasteiger partial charge in [-0.2, -0.15) is 0 Å². The lowest BCUT2D eigenvalue weighted by Gasteiger charge is -2.26. The second-order valence-electron chi connectivity index (χ2n) is 7.36. The summed E-state index contributed by atoms with van der Waals surface area (Å²) < 4.78 is 27.9. The second kappa shape index (κ2) is 10.5. The van der Waals surface area contributed by atoms with Crippen molar-refractivity contribution in [2.45, 2.75) is 11.8 Å². The number of rotatable bonds is 9. The van der Waals surface area contributed by atoms with Crippen LogP contribution in [0.25, 0.3) is 0 Å². The van der Waals surface area contributed by atoms with E-state index in [1.165, 1.54) is 12.1 Å². The van der Waals surface area contributed by atoms with Crippen molar-refractivity contribution >= 4 is 38.9 Å². The highest BCUT2D eigenvalue weighted by molar-refractivity contribution is 7.92. The van der Waals surface area contributed by atoms with Crippen molar-refractivity contribution in [2.75, 3.05) is 35.9 Å². The number of carbonyl (C=O) groups excluding carboxylic acids is 1. The van der Waals surface area contributed by atoms with E-state index >= 15 is 0 Å². The highest BCUT2D eigenvalue weighted by Gasteiger charge is 2.28. The monoisotopic (exact) mass is 471 g/mol. The third-order valence-corrected chi connectivity index (χ3v) is 7.02. The molecule has 0 saturated carbocycles. The molecule has 3 aromatic carbocycles. The summed E-state index contributed by atoms with van der Waals surface area (Å²) in [4.78, 5) is 14.9. The number of likely N-dealkylation sites (N-methyl/N-ethyl adjacent to an activating group) is 1. The Kier molecular flexibility index (Phi) is 7.77. The summed E-state index contributed by atoms with van der Waals surface area (Å²) >= 11 is 6.06. The van der Waals surface area contributed by atoms with E-state index in [1.54, 1.807) is 43.3 Å². The third kappa shape index (κ3) is 5.81. The first-order chi connectivity index (χ1) is 15.3. The van der Waals surface area contributed by atoms with Crippen LogP contribution in [-0.4, -0.2) is 41.0 Å². The van der Waals surface area contributed by atoms with Crippen molar-refractivity contribution in [2.24, 2.45) is 0 Å². The Morgan fingerprint density at radius 2 is 1.59 bits per heavy atom. The first kappa shape index (κ1) is 23.6. The van der Waals surface area contributed by atoms with Crippen LogP contribution in [0.3, 0.4) is 0 Å². The number of carbonyl (C=O) groups is 1. The van der Waals surface area contributed by atoms with Crippen LogP contribution in [0.2, 0.25) is 5.02 Å². The number of amides is 1. The van der Waals surface area contributed by atoms with Gasteiger partial charge in [0, 0.05) is 30.8 Å². The minimum atomic E-state index is -3.95. The van der Waals surface area contributed by atoms with Gasteiger partial charge in [0.05, 0.1) is 10.6 Å². The molecule has 0 unspecified atom stereocenters. The molecule has 0 aliphatic carbocycles. The molecule has 0 aliphatic rings. The molecule has 6 nitrogen and oxygen atoms in total. The molecule has 3 rings (SSSR count). The van der Waals surface area contributed by atoms with E-state index in [2.05, 4.69) is 5.32 Å². The van der Waals surface area contributed by atoms with Crippen LogP contribution in [0.1, 0.15) is 5.56 Å². The number of para-hydroxylation sites is 1. The molecule has 0 spiro atoms. The minimum Gasteiger partial charge on any atom is -0.373 e. The minimum absolute atomic E-state index is 0.117. The fourth-order valence-corrected chi connectivity index (χ4v) is 5.01. The van der Waals surface area contributed by atoms with Gasteiger partial charge in [-0.05, 0) is 55.0 Å². The molecule has 0 fully saturated rings. The van der Waals surface area contributed by atoms with Gasteiger partial charge in [-0.3, -0.25) is 9.10 Å². The maximum Gasteiger partial charge on any atom is 0.264 e. The normalized spacial score (nSPS) is 11.1. The lowest BCUT2D eigenvalue weighted by molar-refractivity contribution is -0.119. The summed E-state index contributed by atoms with van der Waals surface area (Å²) in [6.07, 6.45) is 0. The average molecular weight is 472 g/mol. The van der Waals surface area contributed by atoms with E-state index in [9.17, 15) is 13.2 Å². The molecule has 8 heteroatoms. The van der Waals surface area contributed by atoms with Gasteiger partial charge in [0.25, 0.3) is 10.0 Å². The van der Waals surface area contributed by atoms with Crippen LogP contribution in [-0.2, 0) is 14.8 Å². The number of hydrogen-bond acceptors (Lipinski definition) is 4. The van der Waals surface area contributed by atoms with Gasteiger partial charge in [-0.1, -0.05) is 48.0 Å². The summed E-state index contributed by atoms with van der Waals surface area (Å²) in [5.74, 6) is -0.389.